The summed E-state index contributed by atoms with van der Waals surface area (Å²) in [5.41, 5.74) is 1.14. The number of halogens is 1. The van der Waals surface area contributed by atoms with Gasteiger partial charge in [-0.15, -0.1) is 0 Å². The topological polar surface area (TPSA) is 91.0 Å². The third-order valence-corrected chi connectivity index (χ3v) is 6.32. The number of hydrogen-bond acceptors (Lipinski definition) is 4. The van der Waals surface area contributed by atoms with Crippen LogP contribution in [-0.2, 0) is 9.59 Å². The predicted octanol–water partition coefficient (Wildman–Crippen LogP) is 3.25. The predicted molar refractivity (Wildman–Crippen MR) is 126 cm³/mol. The number of nitrogens with one attached hydrogen (secondary N) is 2. The molecule has 34 heavy (non-hydrogen) atoms. The van der Waals surface area contributed by atoms with Gasteiger partial charge >= 0.3 is 6.03 Å². The van der Waals surface area contributed by atoms with E-state index < -0.39 is 11.8 Å². The minimum Gasteiger partial charge on any atom is -0.497 e. The van der Waals surface area contributed by atoms with Gasteiger partial charge in [0.1, 0.15) is 11.6 Å². The average molecular weight is 469 g/mol. The van der Waals surface area contributed by atoms with Crippen LogP contribution in [-0.4, -0.2) is 56.0 Å². The molecule has 0 bridgehead atoms. The van der Waals surface area contributed by atoms with Crippen LogP contribution in [0.2, 0.25) is 0 Å². The molecule has 2 saturated heterocycles. The molecule has 2 aliphatic heterocycles. The minimum absolute atomic E-state index is 0.0155. The van der Waals surface area contributed by atoms with E-state index in [2.05, 4.69) is 10.6 Å². The summed E-state index contributed by atoms with van der Waals surface area (Å²) in [7, 11) is 1.59. The highest BCUT2D eigenvalue weighted by Gasteiger charge is 2.38. The number of rotatable bonds is 6. The Balaban J connectivity index is 1.28. The Labute approximate surface area is 198 Å². The Bertz CT molecular complexity index is 1050. The molecule has 4 amide bonds. The van der Waals surface area contributed by atoms with Gasteiger partial charge in [-0.3, -0.25) is 9.59 Å². The second kappa shape index (κ2) is 10.5. The van der Waals surface area contributed by atoms with E-state index in [0.717, 1.165) is 18.5 Å². The van der Waals surface area contributed by atoms with Crippen molar-refractivity contribution >= 4 is 29.2 Å². The normalized spacial score (nSPS) is 20.2. The third-order valence-electron chi connectivity index (χ3n) is 6.32. The number of anilines is 2. The Morgan fingerprint density at radius 3 is 2.68 bits per heavy atom. The molecular weight excluding hydrogens is 439 g/mol. The van der Waals surface area contributed by atoms with Crippen molar-refractivity contribution in [1.82, 2.24) is 10.2 Å². The largest absolute Gasteiger partial charge is 0.497 e. The second-order valence-corrected chi connectivity index (χ2v) is 8.74. The lowest BCUT2D eigenvalue weighted by Crippen LogP contribution is -2.46. The maximum atomic E-state index is 13.3. The molecule has 2 aromatic carbocycles. The van der Waals surface area contributed by atoms with Gasteiger partial charge in [0.05, 0.1) is 13.0 Å². The van der Waals surface area contributed by atoms with Crippen molar-refractivity contribution < 1.29 is 23.5 Å². The van der Waals surface area contributed by atoms with Gasteiger partial charge < -0.3 is 25.2 Å². The molecular formula is C25H29FN4O4. The van der Waals surface area contributed by atoms with Gasteiger partial charge in [-0.25, -0.2) is 9.18 Å². The van der Waals surface area contributed by atoms with Crippen molar-refractivity contribution in [2.45, 2.75) is 19.3 Å². The molecule has 2 heterocycles. The molecule has 2 aliphatic rings. The molecule has 2 atom stereocenters. The minimum atomic E-state index is -0.421. The Morgan fingerprint density at radius 2 is 1.94 bits per heavy atom. The van der Waals surface area contributed by atoms with E-state index in [1.54, 1.807) is 30.2 Å². The molecule has 0 aliphatic carbocycles. The molecule has 180 valence electrons. The number of ether oxygens (including phenoxy) is 1. The van der Waals surface area contributed by atoms with E-state index in [-0.39, 0.29) is 30.1 Å². The number of urea groups is 1. The second-order valence-electron chi connectivity index (χ2n) is 8.74. The van der Waals surface area contributed by atoms with E-state index >= 15 is 0 Å². The van der Waals surface area contributed by atoms with Crippen LogP contribution in [0.15, 0.2) is 48.5 Å². The first kappa shape index (κ1) is 23.5. The number of piperidine rings is 1. The Kier molecular flexibility index (Phi) is 7.30. The molecule has 0 saturated carbocycles. The molecule has 2 N–H and O–H groups in total. The Morgan fingerprint density at radius 1 is 1.15 bits per heavy atom. The van der Waals surface area contributed by atoms with Gasteiger partial charge in [0.15, 0.2) is 0 Å². The van der Waals surface area contributed by atoms with Crippen LogP contribution >= 0.6 is 0 Å². The first-order valence-electron chi connectivity index (χ1n) is 11.5. The van der Waals surface area contributed by atoms with Crippen LogP contribution in [0.4, 0.5) is 20.6 Å². The third kappa shape index (κ3) is 5.65. The quantitative estimate of drug-likeness (QED) is 0.681. The number of benzene rings is 2. The lowest BCUT2D eigenvalue weighted by Gasteiger charge is -2.34. The van der Waals surface area contributed by atoms with E-state index in [4.69, 9.17) is 4.74 Å². The standard InChI is InChI=1S/C25H29FN4O4/c1-34-22-9-7-21(8-10-22)30-16-18(12-23(30)31)24(32)29-11-3-4-17(15-29)14-27-25(33)28-20-6-2-5-19(26)13-20/h2,5-10,13,17-18H,3-4,11-12,14-16H2,1H3,(H2,27,28,33). The number of carbonyl (C=O) groups excluding carboxylic acids is 3. The molecule has 0 aromatic heterocycles. The molecule has 9 heteroatoms. The van der Waals surface area contributed by atoms with Crippen LogP contribution in [0.5, 0.6) is 5.75 Å². The molecule has 4 rings (SSSR count). The summed E-state index contributed by atoms with van der Waals surface area (Å²) in [6.45, 7) is 1.95. The lowest BCUT2D eigenvalue weighted by atomic mass is 9.96. The Hall–Kier alpha value is -3.62. The van der Waals surface area contributed by atoms with E-state index in [1.807, 2.05) is 17.0 Å². The van der Waals surface area contributed by atoms with E-state index in [0.29, 0.717) is 37.6 Å². The lowest BCUT2D eigenvalue weighted by molar-refractivity contribution is -0.137. The number of nitrogens with zero attached hydrogens (tertiary/aromatic N) is 2. The monoisotopic (exact) mass is 468 g/mol. The molecule has 2 aromatic rings. The zero-order chi connectivity index (χ0) is 24.1. The van der Waals surface area contributed by atoms with Crippen LogP contribution in [0.1, 0.15) is 19.3 Å². The average Bonchev–Trinajstić information content (AvgIpc) is 3.24. The van der Waals surface area contributed by atoms with Crippen LogP contribution < -0.4 is 20.3 Å². The number of methoxy groups -OCH3 is 1. The smallest absolute Gasteiger partial charge is 0.319 e. The molecule has 2 unspecified atom stereocenters. The fraction of sp³-hybridized carbons (Fsp3) is 0.400. The highest BCUT2D eigenvalue weighted by molar-refractivity contribution is 6.00. The maximum absolute atomic E-state index is 13.3. The van der Waals surface area contributed by atoms with Gasteiger partial charge in [-0.1, -0.05) is 6.07 Å². The van der Waals surface area contributed by atoms with Gasteiger partial charge in [0, 0.05) is 44.0 Å². The van der Waals surface area contributed by atoms with Gasteiger partial charge in [0.25, 0.3) is 0 Å². The highest BCUT2D eigenvalue weighted by atomic mass is 19.1. The maximum Gasteiger partial charge on any atom is 0.319 e. The van der Waals surface area contributed by atoms with Crippen molar-refractivity contribution in [2.24, 2.45) is 11.8 Å². The summed E-state index contributed by atoms with van der Waals surface area (Å²) in [4.78, 5) is 41.4. The summed E-state index contributed by atoms with van der Waals surface area (Å²) >= 11 is 0. The molecule has 0 radical (unpaired) electrons. The van der Waals surface area contributed by atoms with Crippen molar-refractivity contribution in [3.8, 4) is 5.75 Å². The summed E-state index contributed by atoms with van der Waals surface area (Å²) in [6, 6.07) is 12.5. The fourth-order valence-corrected chi connectivity index (χ4v) is 4.55. The van der Waals surface area contributed by atoms with Gasteiger partial charge in [-0.2, -0.15) is 0 Å². The number of hydrogen-bond donors (Lipinski definition) is 2. The SMILES string of the molecule is COc1ccc(N2CC(C(=O)N3CCCC(CNC(=O)Nc4cccc(F)c4)C3)CC2=O)cc1. The summed E-state index contributed by atoms with van der Waals surface area (Å²) in [5.74, 6) is -0.0508. The van der Waals surface area contributed by atoms with Gasteiger partial charge in [-0.05, 0) is 61.2 Å². The molecule has 8 nitrogen and oxygen atoms in total. The summed E-state index contributed by atoms with van der Waals surface area (Å²) in [5, 5.41) is 5.42. The van der Waals surface area contributed by atoms with Gasteiger partial charge in [0.2, 0.25) is 11.8 Å². The van der Waals surface area contributed by atoms with Crippen LogP contribution in [0, 0.1) is 17.7 Å². The van der Waals surface area contributed by atoms with Crippen molar-refractivity contribution in [1.29, 1.82) is 0 Å². The number of likely N-dealkylation sites (tertiary alicyclic amines) is 1. The fourth-order valence-electron chi connectivity index (χ4n) is 4.55. The number of carbonyl (C=O) groups is 3. The molecule has 0 spiro atoms. The van der Waals surface area contributed by atoms with Crippen molar-refractivity contribution in [3.05, 3.63) is 54.3 Å². The summed E-state index contributed by atoms with van der Waals surface area (Å²) < 4.78 is 18.4. The van der Waals surface area contributed by atoms with E-state index in [1.165, 1.54) is 18.2 Å². The number of amides is 4. The molecule has 2 fully saturated rings. The van der Waals surface area contributed by atoms with Crippen LogP contribution in [0.3, 0.4) is 0 Å². The van der Waals surface area contributed by atoms with Crippen molar-refractivity contribution in [3.63, 3.8) is 0 Å². The zero-order valence-corrected chi connectivity index (χ0v) is 19.1. The first-order chi connectivity index (χ1) is 16.4. The summed E-state index contributed by atoms with van der Waals surface area (Å²) in [6.07, 6.45) is 1.93. The van der Waals surface area contributed by atoms with Crippen LogP contribution in [0.25, 0.3) is 0 Å². The van der Waals surface area contributed by atoms with E-state index in [9.17, 15) is 18.8 Å². The highest BCUT2D eigenvalue weighted by Crippen LogP contribution is 2.29. The zero-order valence-electron chi connectivity index (χ0n) is 19.1. The first-order valence-corrected chi connectivity index (χ1v) is 11.5. The van der Waals surface area contributed by atoms with Crippen molar-refractivity contribution in [2.75, 3.05) is 43.5 Å².